The molecule has 0 radical (unpaired) electrons. The second-order valence-electron chi connectivity index (χ2n) is 5.00. The van der Waals surface area contributed by atoms with E-state index in [2.05, 4.69) is 4.74 Å². The Labute approximate surface area is 138 Å². The second-order valence-corrected chi connectivity index (χ2v) is 5.00. The van der Waals surface area contributed by atoms with Crippen molar-refractivity contribution in [3.05, 3.63) is 53.1 Å². The van der Waals surface area contributed by atoms with Crippen LogP contribution in [0.1, 0.15) is 38.0 Å². The molecule has 24 heavy (non-hydrogen) atoms. The Morgan fingerprint density at radius 2 is 1.38 bits per heavy atom. The Balaban J connectivity index is 2.71. The molecule has 6 nitrogen and oxygen atoms in total. The van der Waals surface area contributed by atoms with Crippen molar-refractivity contribution < 1.29 is 29.0 Å². The lowest BCUT2D eigenvalue weighted by Crippen LogP contribution is -2.13. The number of aromatic hydroxyl groups is 1. The molecule has 0 atom stereocenters. The van der Waals surface area contributed by atoms with Gasteiger partial charge < -0.3 is 14.6 Å². The molecular weight excluding hydrogens is 312 g/mol. The Hall–Kier alpha value is -3.15. The minimum absolute atomic E-state index is 0.0873. The fraction of sp³-hybridized carbons (Fsp3) is 0.167. The summed E-state index contributed by atoms with van der Waals surface area (Å²) >= 11 is 0. The van der Waals surface area contributed by atoms with E-state index in [0.29, 0.717) is 16.7 Å². The number of phenols is 1. The summed E-state index contributed by atoms with van der Waals surface area (Å²) in [6.07, 6.45) is 0. The van der Waals surface area contributed by atoms with Crippen LogP contribution in [-0.2, 0) is 9.47 Å². The van der Waals surface area contributed by atoms with Crippen LogP contribution in [0.3, 0.4) is 0 Å². The van der Waals surface area contributed by atoms with E-state index in [1.165, 1.54) is 26.2 Å². The van der Waals surface area contributed by atoms with E-state index in [1.807, 2.05) is 0 Å². The zero-order valence-corrected chi connectivity index (χ0v) is 13.5. The quantitative estimate of drug-likeness (QED) is 0.685. The van der Waals surface area contributed by atoms with Crippen LogP contribution >= 0.6 is 0 Å². The van der Waals surface area contributed by atoms with Gasteiger partial charge in [-0.3, -0.25) is 4.79 Å². The average molecular weight is 328 g/mol. The summed E-state index contributed by atoms with van der Waals surface area (Å²) in [7, 11) is 2.33. The molecule has 0 aromatic heterocycles. The maximum Gasteiger partial charge on any atom is 0.342 e. The standard InChI is InChI=1S/C18H16O6/c1-10(19)11-4-6-12(7-5-11)13-8-9-14(20)16(18(22)24-3)15(13)17(21)23-2/h4-9,20H,1-3H3. The lowest BCUT2D eigenvalue weighted by Gasteiger charge is -2.14. The van der Waals surface area contributed by atoms with Gasteiger partial charge in [0.25, 0.3) is 0 Å². The Morgan fingerprint density at radius 3 is 1.88 bits per heavy atom. The van der Waals surface area contributed by atoms with Crippen molar-refractivity contribution in [3.8, 4) is 16.9 Å². The number of carbonyl (C=O) groups is 3. The predicted molar refractivity (Wildman–Crippen MR) is 86.2 cm³/mol. The minimum atomic E-state index is -0.852. The van der Waals surface area contributed by atoms with Gasteiger partial charge in [0.2, 0.25) is 0 Å². The van der Waals surface area contributed by atoms with Gasteiger partial charge in [-0.1, -0.05) is 24.3 Å². The smallest absolute Gasteiger partial charge is 0.342 e. The van der Waals surface area contributed by atoms with Crippen LogP contribution in [0.2, 0.25) is 0 Å². The van der Waals surface area contributed by atoms with Gasteiger partial charge >= 0.3 is 11.9 Å². The highest BCUT2D eigenvalue weighted by molar-refractivity contribution is 6.09. The van der Waals surface area contributed by atoms with Crippen LogP contribution in [0.25, 0.3) is 11.1 Å². The van der Waals surface area contributed by atoms with E-state index < -0.39 is 11.9 Å². The van der Waals surface area contributed by atoms with Crippen molar-refractivity contribution >= 4 is 17.7 Å². The van der Waals surface area contributed by atoms with Crippen molar-refractivity contribution in [2.24, 2.45) is 0 Å². The summed E-state index contributed by atoms with van der Waals surface area (Å²) in [5, 5.41) is 9.97. The molecule has 0 bridgehead atoms. The zero-order valence-electron chi connectivity index (χ0n) is 13.5. The van der Waals surface area contributed by atoms with E-state index in [0.717, 1.165) is 7.11 Å². The van der Waals surface area contributed by atoms with E-state index in [1.54, 1.807) is 24.3 Å². The number of methoxy groups -OCH3 is 2. The Bertz CT molecular complexity index is 805. The molecule has 0 amide bonds. The van der Waals surface area contributed by atoms with E-state index in [9.17, 15) is 19.5 Å². The number of phenolic OH excluding ortho intramolecular Hbond substituents is 1. The third-order valence-corrected chi connectivity index (χ3v) is 3.56. The molecule has 0 fully saturated rings. The molecule has 1 N–H and O–H groups in total. The third-order valence-electron chi connectivity index (χ3n) is 3.56. The Morgan fingerprint density at radius 1 is 0.833 bits per heavy atom. The summed E-state index contributed by atoms with van der Waals surface area (Å²) in [6, 6.07) is 9.32. The molecule has 0 saturated carbocycles. The summed E-state index contributed by atoms with van der Waals surface area (Å²) in [5.74, 6) is -2.10. The summed E-state index contributed by atoms with van der Waals surface area (Å²) in [4.78, 5) is 35.5. The van der Waals surface area contributed by atoms with Crippen molar-refractivity contribution in [1.29, 1.82) is 0 Å². The van der Waals surface area contributed by atoms with Crippen LogP contribution in [0.4, 0.5) is 0 Å². The number of benzene rings is 2. The van der Waals surface area contributed by atoms with E-state index >= 15 is 0 Å². The molecule has 0 aliphatic rings. The SMILES string of the molecule is COC(=O)c1c(O)ccc(-c2ccc(C(C)=O)cc2)c1C(=O)OC. The molecule has 2 aromatic rings. The number of ether oxygens (including phenoxy) is 2. The highest BCUT2D eigenvalue weighted by Crippen LogP contribution is 2.33. The molecule has 124 valence electrons. The molecule has 6 heteroatoms. The topological polar surface area (TPSA) is 89.9 Å². The molecule has 0 aliphatic carbocycles. The highest BCUT2D eigenvalue weighted by atomic mass is 16.5. The number of hydrogen-bond acceptors (Lipinski definition) is 6. The van der Waals surface area contributed by atoms with Gasteiger partial charge in [-0.2, -0.15) is 0 Å². The van der Waals surface area contributed by atoms with Gasteiger partial charge in [0.05, 0.1) is 19.8 Å². The second kappa shape index (κ2) is 6.95. The van der Waals surface area contributed by atoms with E-state index in [-0.39, 0.29) is 22.7 Å². The number of Topliss-reactive ketones (excluding diaryl/α,β-unsaturated/α-hetero) is 1. The molecule has 0 saturated heterocycles. The van der Waals surface area contributed by atoms with Gasteiger partial charge in [0.1, 0.15) is 11.3 Å². The first-order valence-electron chi connectivity index (χ1n) is 7.04. The fourth-order valence-electron chi connectivity index (χ4n) is 2.34. The maximum absolute atomic E-state index is 12.2. The van der Waals surface area contributed by atoms with Gasteiger partial charge in [-0.15, -0.1) is 0 Å². The summed E-state index contributed by atoms with van der Waals surface area (Å²) in [5.41, 5.74) is 1.13. The zero-order chi connectivity index (χ0) is 17.9. The van der Waals surface area contributed by atoms with Crippen LogP contribution in [0.15, 0.2) is 36.4 Å². The van der Waals surface area contributed by atoms with Crippen LogP contribution in [0.5, 0.6) is 5.75 Å². The number of carbonyl (C=O) groups excluding carboxylic acids is 3. The lowest BCUT2D eigenvalue weighted by molar-refractivity contribution is 0.0553. The van der Waals surface area contributed by atoms with Crippen molar-refractivity contribution in [1.82, 2.24) is 0 Å². The first-order chi connectivity index (χ1) is 11.4. The molecule has 0 heterocycles. The van der Waals surface area contributed by atoms with Gasteiger partial charge in [0, 0.05) is 5.56 Å². The van der Waals surface area contributed by atoms with Crippen LogP contribution in [-0.4, -0.2) is 37.0 Å². The number of hydrogen-bond donors (Lipinski definition) is 1. The van der Waals surface area contributed by atoms with Crippen LogP contribution in [0, 0.1) is 0 Å². The first kappa shape index (κ1) is 17.2. The molecule has 2 rings (SSSR count). The molecule has 0 unspecified atom stereocenters. The summed E-state index contributed by atoms with van der Waals surface area (Å²) in [6.45, 7) is 1.45. The number of esters is 2. The monoisotopic (exact) mass is 328 g/mol. The predicted octanol–water partition coefficient (Wildman–Crippen LogP) is 2.84. The largest absolute Gasteiger partial charge is 0.507 e. The molecule has 2 aromatic carbocycles. The third kappa shape index (κ3) is 3.12. The highest BCUT2D eigenvalue weighted by Gasteiger charge is 2.26. The number of ketones is 1. The molecule has 0 aliphatic heterocycles. The number of rotatable bonds is 4. The van der Waals surface area contributed by atoms with Crippen molar-refractivity contribution in [3.63, 3.8) is 0 Å². The van der Waals surface area contributed by atoms with Gasteiger partial charge in [-0.05, 0) is 30.2 Å². The molecule has 0 spiro atoms. The van der Waals surface area contributed by atoms with Crippen molar-refractivity contribution in [2.45, 2.75) is 6.92 Å². The minimum Gasteiger partial charge on any atom is -0.507 e. The first-order valence-corrected chi connectivity index (χ1v) is 7.04. The maximum atomic E-state index is 12.2. The van der Waals surface area contributed by atoms with Gasteiger partial charge in [-0.25, -0.2) is 9.59 Å². The van der Waals surface area contributed by atoms with Gasteiger partial charge in [0.15, 0.2) is 5.78 Å². The van der Waals surface area contributed by atoms with E-state index in [4.69, 9.17) is 4.74 Å². The summed E-state index contributed by atoms with van der Waals surface area (Å²) < 4.78 is 9.38. The normalized spacial score (nSPS) is 10.1. The molecular formula is C18H16O6. The fourth-order valence-corrected chi connectivity index (χ4v) is 2.34. The average Bonchev–Trinajstić information content (AvgIpc) is 2.60. The Kier molecular flexibility index (Phi) is 4.99. The lowest BCUT2D eigenvalue weighted by atomic mass is 9.93. The van der Waals surface area contributed by atoms with Crippen LogP contribution < -0.4 is 0 Å². The van der Waals surface area contributed by atoms with Crippen molar-refractivity contribution in [2.75, 3.05) is 14.2 Å².